The second kappa shape index (κ2) is 3.75. The molecule has 11 heavy (non-hydrogen) atoms. The van der Waals surface area contributed by atoms with Gasteiger partial charge in [0.1, 0.15) is 0 Å². The molecule has 0 heteroatoms. The van der Waals surface area contributed by atoms with Gasteiger partial charge < -0.3 is 0 Å². The molecule has 0 aromatic rings. The van der Waals surface area contributed by atoms with Gasteiger partial charge in [-0.05, 0) is 31.3 Å². The van der Waals surface area contributed by atoms with Crippen LogP contribution in [0.3, 0.4) is 0 Å². The molecule has 62 valence electrons. The highest BCUT2D eigenvalue weighted by Crippen LogP contribution is 2.30. The molecule has 1 aliphatic carbocycles. The monoisotopic (exact) mass is 150 g/mol. The van der Waals surface area contributed by atoms with E-state index < -0.39 is 0 Å². The van der Waals surface area contributed by atoms with E-state index in [1.165, 1.54) is 25.7 Å². The van der Waals surface area contributed by atoms with Crippen LogP contribution in [0.2, 0.25) is 0 Å². The van der Waals surface area contributed by atoms with Crippen LogP contribution in [-0.4, -0.2) is 0 Å². The van der Waals surface area contributed by atoms with Crippen LogP contribution in [0.1, 0.15) is 46.5 Å². The van der Waals surface area contributed by atoms with Gasteiger partial charge in [0.2, 0.25) is 0 Å². The zero-order chi connectivity index (χ0) is 8.27. The van der Waals surface area contributed by atoms with E-state index in [1.54, 1.807) is 16.7 Å². The lowest BCUT2D eigenvalue weighted by Gasteiger charge is -2.00. The van der Waals surface area contributed by atoms with E-state index >= 15 is 0 Å². The molecule has 0 saturated heterocycles. The van der Waals surface area contributed by atoms with Gasteiger partial charge in [0, 0.05) is 0 Å². The van der Waals surface area contributed by atoms with Crippen molar-refractivity contribution in [3.05, 3.63) is 22.8 Å². The molecule has 0 N–H and O–H groups in total. The van der Waals surface area contributed by atoms with Crippen LogP contribution < -0.4 is 0 Å². The van der Waals surface area contributed by atoms with Gasteiger partial charge >= 0.3 is 0 Å². The first-order chi connectivity index (χ1) is 5.31. The SMILES string of the molecule is CCC1=CC(CC)=C(CC)C1. The smallest absolute Gasteiger partial charge is 0.00996 e. The number of rotatable bonds is 3. The van der Waals surface area contributed by atoms with Crippen molar-refractivity contribution in [2.75, 3.05) is 0 Å². The van der Waals surface area contributed by atoms with Gasteiger partial charge in [0.25, 0.3) is 0 Å². The molecule has 0 fully saturated rings. The molecule has 0 amide bonds. The first-order valence-corrected chi connectivity index (χ1v) is 4.72. The van der Waals surface area contributed by atoms with Gasteiger partial charge in [0.15, 0.2) is 0 Å². The van der Waals surface area contributed by atoms with Crippen LogP contribution in [0.15, 0.2) is 22.8 Å². The summed E-state index contributed by atoms with van der Waals surface area (Å²) < 4.78 is 0. The van der Waals surface area contributed by atoms with Crippen LogP contribution >= 0.6 is 0 Å². The quantitative estimate of drug-likeness (QED) is 0.573. The lowest BCUT2D eigenvalue weighted by molar-refractivity contribution is 0.946. The Hall–Kier alpha value is -0.520. The second-order valence-electron chi connectivity index (χ2n) is 3.17. The zero-order valence-electron chi connectivity index (χ0n) is 7.91. The Morgan fingerprint density at radius 1 is 1.09 bits per heavy atom. The third kappa shape index (κ3) is 1.74. The van der Waals surface area contributed by atoms with E-state index in [0.29, 0.717) is 0 Å². The van der Waals surface area contributed by atoms with E-state index in [-0.39, 0.29) is 0 Å². The van der Waals surface area contributed by atoms with Crippen molar-refractivity contribution < 1.29 is 0 Å². The second-order valence-corrected chi connectivity index (χ2v) is 3.17. The summed E-state index contributed by atoms with van der Waals surface area (Å²) in [5.41, 5.74) is 4.90. The Kier molecular flexibility index (Phi) is 2.92. The molecule has 0 spiro atoms. The average molecular weight is 150 g/mol. The van der Waals surface area contributed by atoms with Crippen LogP contribution in [0.5, 0.6) is 0 Å². The number of hydrogen-bond donors (Lipinski definition) is 0. The van der Waals surface area contributed by atoms with Crippen molar-refractivity contribution in [1.29, 1.82) is 0 Å². The molecule has 0 saturated carbocycles. The lowest BCUT2D eigenvalue weighted by atomic mass is 10.1. The zero-order valence-corrected chi connectivity index (χ0v) is 7.91. The van der Waals surface area contributed by atoms with E-state index in [2.05, 4.69) is 26.8 Å². The highest BCUT2D eigenvalue weighted by molar-refractivity contribution is 5.38. The number of hydrogen-bond acceptors (Lipinski definition) is 0. The Bertz CT molecular complexity index is 194. The molecule has 0 aromatic heterocycles. The summed E-state index contributed by atoms with van der Waals surface area (Å²) in [4.78, 5) is 0. The summed E-state index contributed by atoms with van der Waals surface area (Å²) in [6.45, 7) is 6.76. The minimum Gasteiger partial charge on any atom is -0.0661 e. The molecule has 0 radical (unpaired) electrons. The van der Waals surface area contributed by atoms with Gasteiger partial charge in [-0.2, -0.15) is 0 Å². The van der Waals surface area contributed by atoms with Crippen molar-refractivity contribution in [3.8, 4) is 0 Å². The van der Waals surface area contributed by atoms with Crippen molar-refractivity contribution in [3.63, 3.8) is 0 Å². The summed E-state index contributed by atoms with van der Waals surface area (Å²) in [5, 5.41) is 0. The van der Waals surface area contributed by atoms with Gasteiger partial charge in [-0.1, -0.05) is 38.0 Å². The molecular formula is C11H18. The first kappa shape index (κ1) is 8.58. The summed E-state index contributed by atoms with van der Waals surface area (Å²) in [6, 6.07) is 0. The summed E-state index contributed by atoms with van der Waals surface area (Å²) in [7, 11) is 0. The fourth-order valence-electron chi connectivity index (χ4n) is 1.72. The normalized spacial score (nSPS) is 17.5. The highest BCUT2D eigenvalue weighted by Gasteiger charge is 2.10. The summed E-state index contributed by atoms with van der Waals surface area (Å²) in [5.74, 6) is 0. The maximum absolute atomic E-state index is 2.40. The molecular weight excluding hydrogens is 132 g/mol. The summed E-state index contributed by atoms with van der Waals surface area (Å²) >= 11 is 0. The fourth-order valence-corrected chi connectivity index (χ4v) is 1.72. The molecule has 0 bridgehead atoms. The largest absolute Gasteiger partial charge is 0.0661 e. The molecule has 0 aliphatic heterocycles. The molecule has 1 aliphatic rings. The molecule has 0 nitrogen and oxygen atoms in total. The molecule has 0 heterocycles. The number of allylic oxidation sites excluding steroid dienone is 4. The van der Waals surface area contributed by atoms with Gasteiger partial charge in [-0.3, -0.25) is 0 Å². The molecule has 0 aromatic carbocycles. The minimum absolute atomic E-state index is 1.21. The van der Waals surface area contributed by atoms with Gasteiger partial charge in [0.05, 0.1) is 0 Å². The minimum atomic E-state index is 1.21. The predicted octanol–water partition coefficient (Wildman–Crippen LogP) is 3.84. The predicted molar refractivity (Wildman–Crippen MR) is 50.6 cm³/mol. The van der Waals surface area contributed by atoms with E-state index in [4.69, 9.17) is 0 Å². The third-order valence-electron chi connectivity index (χ3n) is 2.53. The van der Waals surface area contributed by atoms with Crippen molar-refractivity contribution in [2.24, 2.45) is 0 Å². The Labute approximate surface area is 70.0 Å². The van der Waals surface area contributed by atoms with Crippen molar-refractivity contribution >= 4 is 0 Å². The molecule has 0 atom stereocenters. The van der Waals surface area contributed by atoms with E-state index in [9.17, 15) is 0 Å². The van der Waals surface area contributed by atoms with Crippen LogP contribution in [-0.2, 0) is 0 Å². The first-order valence-electron chi connectivity index (χ1n) is 4.72. The third-order valence-corrected chi connectivity index (χ3v) is 2.53. The highest BCUT2D eigenvalue weighted by atomic mass is 14.2. The van der Waals surface area contributed by atoms with Crippen molar-refractivity contribution in [2.45, 2.75) is 46.5 Å². The van der Waals surface area contributed by atoms with E-state index in [0.717, 1.165) is 0 Å². The Morgan fingerprint density at radius 2 is 1.82 bits per heavy atom. The fraction of sp³-hybridized carbons (Fsp3) is 0.636. The van der Waals surface area contributed by atoms with Gasteiger partial charge in [-0.25, -0.2) is 0 Å². The average Bonchev–Trinajstić information content (AvgIpc) is 2.46. The topological polar surface area (TPSA) is 0 Å². The van der Waals surface area contributed by atoms with Crippen LogP contribution in [0, 0.1) is 0 Å². The van der Waals surface area contributed by atoms with Crippen molar-refractivity contribution in [1.82, 2.24) is 0 Å². The molecule has 0 unspecified atom stereocenters. The van der Waals surface area contributed by atoms with Crippen LogP contribution in [0.25, 0.3) is 0 Å². The molecule has 1 rings (SSSR count). The summed E-state index contributed by atoms with van der Waals surface area (Å²) in [6.07, 6.45) is 7.35. The standard InChI is InChI=1S/C11H18/c1-4-9-7-10(5-2)11(6-3)8-9/h7H,4-6,8H2,1-3H3. The Balaban J connectivity index is 2.69. The van der Waals surface area contributed by atoms with Crippen LogP contribution in [0.4, 0.5) is 0 Å². The van der Waals surface area contributed by atoms with Gasteiger partial charge in [-0.15, -0.1) is 0 Å². The maximum Gasteiger partial charge on any atom is -0.00996 e. The maximum atomic E-state index is 2.40. The lowest BCUT2D eigenvalue weighted by Crippen LogP contribution is -1.81. The Morgan fingerprint density at radius 3 is 2.18 bits per heavy atom. The van der Waals surface area contributed by atoms with E-state index in [1.807, 2.05) is 0 Å².